The molecule has 0 aliphatic heterocycles. The third-order valence-electron chi connectivity index (χ3n) is 3.65. The van der Waals surface area contributed by atoms with Crippen molar-refractivity contribution in [1.29, 1.82) is 0 Å². The molecule has 0 spiro atoms. The SMILES string of the molecule is Clc1ccc(NCc2cn(Cc3nc4ccccc4[nH]3)nn2)cc1. The van der Waals surface area contributed by atoms with Crippen LogP contribution in [0.4, 0.5) is 5.69 Å². The second-order valence-corrected chi connectivity index (χ2v) is 5.90. The molecule has 2 aromatic heterocycles. The van der Waals surface area contributed by atoms with Gasteiger partial charge in [-0.05, 0) is 36.4 Å². The van der Waals surface area contributed by atoms with Crippen LogP contribution in [-0.4, -0.2) is 25.0 Å². The summed E-state index contributed by atoms with van der Waals surface area (Å²) in [6.07, 6.45) is 1.91. The molecule has 0 atom stereocenters. The molecule has 0 unspecified atom stereocenters. The van der Waals surface area contributed by atoms with Crippen molar-refractivity contribution in [1.82, 2.24) is 25.0 Å². The molecule has 0 aliphatic rings. The van der Waals surface area contributed by atoms with Gasteiger partial charge in [-0.3, -0.25) is 0 Å². The smallest absolute Gasteiger partial charge is 0.129 e. The van der Waals surface area contributed by atoms with Crippen LogP contribution in [0.15, 0.2) is 54.7 Å². The summed E-state index contributed by atoms with van der Waals surface area (Å²) < 4.78 is 1.77. The molecule has 4 rings (SSSR count). The topological polar surface area (TPSA) is 71.4 Å². The first-order valence-corrected chi connectivity index (χ1v) is 7.96. The molecule has 0 saturated heterocycles. The fraction of sp³-hybridized carbons (Fsp3) is 0.118. The first-order valence-electron chi connectivity index (χ1n) is 7.58. The number of aromatic nitrogens is 5. The van der Waals surface area contributed by atoms with E-state index in [9.17, 15) is 0 Å². The molecule has 0 radical (unpaired) electrons. The lowest BCUT2D eigenvalue weighted by molar-refractivity contribution is 0.630. The maximum absolute atomic E-state index is 5.88. The zero-order valence-electron chi connectivity index (χ0n) is 12.8. The van der Waals surface area contributed by atoms with Crippen molar-refractivity contribution in [3.63, 3.8) is 0 Å². The predicted molar refractivity (Wildman–Crippen MR) is 94.0 cm³/mol. The molecule has 0 saturated carbocycles. The predicted octanol–water partition coefficient (Wildman–Crippen LogP) is 3.47. The van der Waals surface area contributed by atoms with Crippen LogP contribution >= 0.6 is 11.6 Å². The van der Waals surface area contributed by atoms with E-state index in [1.165, 1.54) is 0 Å². The van der Waals surface area contributed by atoms with Gasteiger partial charge in [-0.25, -0.2) is 9.67 Å². The molecule has 0 amide bonds. The summed E-state index contributed by atoms with van der Waals surface area (Å²) in [5.74, 6) is 0.860. The Morgan fingerprint density at radius 3 is 2.75 bits per heavy atom. The van der Waals surface area contributed by atoms with E-state index in [1.54, 1.807) is 4.68 Å². The molecule has 2 heterocycles. The molecule has 6 nitrogen and oxygen atoms in total. The van der Waals surface area contributed by atoms with Crippen molar-refractivity contribution >= 4 is 28.3 Å². The van der Waals surface area contributed by atoms with Gasteiger partial charge < -0.3 is 10.3 Å². The van der Waals surface area contributed by atoms with E-state index >= 15 is 0 Å². The lowest BCUT2D eigenvalue weighted by Gasteiger charge is -2.03. The van der Waals surface area contributed by atoms with E-state index in [0.29, 0.717) is 13.1 Å². The lowest BCUT2D eigenvalue weighted by atomic mass is 10.3. The van der Waals surface area contributed by atoms with Crippen LogP contribution in [0.3, 0.4) is 0 Å². The van der Waals surface area contributed by atoms with Crippen molar-refractivity contribution < 1.29 is 0 Å². The standard InChI is InChI=1S/C17H15ClN6/c18-12-5-7-13(8-6-12)19-9-14-10-24(23-22-14)11-17-20-15-3-1-2-4-16(15)21-17/h1-8,10,19H,9,11H2,(H,20,21). The first-order chi connectivity index (χ1) is 11.8. The zero-order chi connectivity index (χ0) is 16.4. The Hall–Kier alpha value is -2.86. The van der Waals surface area contributed by atoms with E-state index in [-0.39, 0.29) is 0 Å². The van der Waals surface area contributed by atoms with E-state index in [1.807, 2.05) is 54.7 Å². The van der Waals surface area contributed by atoms with Crippen molar-refractivity contribution in [2.24, 2.45) is 0 Å². The summed E-state index contributed by atoms with van der Waals surface area (Å²) in [6, 6.07) is 15.5. The third kappa shape index (κ3) is 3.23. The molecule has 2 aromatic carbocycles. The maximum atomic E-state index is 5.88. The number of fused-ring (bicyclic) bond motifs is 1. The highest BCUT2D eigenvalue weighted by Crippen LogP contribution is 2.14. The van der Waals surface area contributed by atoms with E-state index < -0.39 is 0 Å². The van der Waals surface area contributed by atoms with Gasteiger partial charge in [0.2, 0.25) is 0 Å². The number of benzene rings is 2. The molecule has 0 aliphatic carbocycles. The Morgan fingerprint density at radius 2 is 1.92 bits per heavy atom. The molecule has 7 heteroatoms. The molecular formula is C17H15ClN6. The Balaban J connectivity index is 1.41. The van der Waals surface area contributed by atoms with Gasteiger partial charge in [0.1, 0.15) is 18.1 Å². The van der Waals surface area contributed by atoms with Gasteiger partial charge in [-0.15, -0.1) is 5.10 Å². The van der Waals surface area contributed by atoms with Gasteiger partial charge in [-0.2, -0.15) is 0 Å². The normalized spacial score (nSPS) is 11.0. The van der Waals surface area contributed by atoms with Crippen LogP contribution in [-0.2, 0) is 13.1 Å². The average molecular weight is 339 g/mol. The molecule has 0 fully saturated rings. The molecule has 120 valence electrons. The van der Waals surface area contributed by atoms with Crippen molar-refractivity contribution in [2.45, 2.75) is 13.1 Å². The van der Waals surface area contributed by atoms with Crippen molar-refractivity contribution in [3.8, 4) is 0 Å². The number of para-hydroxylation sites is 2. The average Bonchev–Trinajstić information content (AvgIpc) is 3.20. The minimum absolute atomic E-state index is 0.558. The Morgan fingerprint density at radius 1 is 1.08 bits per heavy atom. The van der Waals surface area contributed by atoms with Crippen LogP contribution in [0.2, 0.25) is 5.02 Å². The number of H-pyrrole nitrogens is 1. The van der Waals surface area contributed by atoms with Gasteiger partial charge in [0, 0.05) is 10.7 Å². The number of halogens is 1. The fourth-order valence-electron chi connectivity index (χ4n) is 2.49. The van der Waals surface area contributed by atoms with Gasteiger partial charge in [0.05, 0.1) is 23.8 Å². The Bertz CT molecular complexity index is 924. The Labute approximate surface area is 143 Å². The number of hydrogen-bond donors (Lipinski definition) is 2. The van der Waals surface area contributed by atoms with Crippen LogP contribution < -0.4 is 5.32 Å². The van der Waals surface area contributed by atoms with Gasteiger partial charge in [0.25, 0.3) is 0 Å². The maximum Gasteiger partial charge on any atom is 0.129 e. The quantitative estimate of drug-likeness (QED) is 0.584. The second kappa shape index (κ2) is 6.33. The highest BCUT2D eigenvalue weighted by atomic mass is 35.5. The number of nitrogens with zero attached hydrogens (tertiary/aromatic N) is 4. The van der Waals surface area contributed by atoms with Gasteiger partial charge in [0.15, 0.2) is 0 Å². The number of aromatic amines is 1. The summed E-state index contributed by atoms with van der Waals surface area (Å²) in [5.41, 5.74) is 3.83. The second-order valence-electron chi connectivity index (χ2n) is 5.47. The van der Waals surface area contributed by atoms with Gasteiger partial charge in [-0.1, -0.05) is 28.9 Å². The van der Waals surface area contributed by atoms with E-state index in [2.05, 4.69) is 25.6 Å². The van der Waals surface area contributed by atoms with Crippen LogP contribution in [0.5, 0.6) is 0 Å². The van der Waals surface area contributed by atoms with Crippen LogP contribution in [0, 0.1) is 0 Å². The Kier molecular flexibility index (Phi) is 3.88. The molecule has 4 aromatic rings. The highest BCUT2D eigenvalue weighted by Gasteiger charge is 2.05. The number of hydrogen-bond acceptors (Lipinski definition) is 4. The van der Waals surface area contributed by atoms with Crippen LogP contribution in [0.25, 0.3) is 11.0 Å². The molecule has 0 bridgehead atoms. The van der Waals surface area contributed by atoms with E-state index in [0.717, 1.165) is 33.3 Å². The lowest BCUT2D eigenvalue weighted by Crippen LogP contribution is -2.02. The van der Waals surface area contributed by atoms with Crippen molar-refractivity contribution in [2.75, 3.05) is 5.32 Å². The summed E-state index contributed by atoms with van der Waals surface area (Å²) in [5, 5.41) is 12.3. The molecular weight excluding hydrogens is 324 g/mol. The highest BCUT2D eigenvalue weighted by molar-refractivity contribution is 6.30. The van der Waals surface area contributed by atoms with Crippen molar-refractivity contribution in [3.05, 3.63) is 71.3 Å². The third-order valence-corrected chi connectivity index (χ3v) is 3.91. The minimum atomic E-state index is 0.558. The summed E-state index contributed by atoms with van der Waals surface area (Å²) >= 11 is 5.88. The van der Waals surface area contributed by atoms with E-state index in [4.69, 9.17) is 11.6 Å². The van der Waals surface area contributed by atoms with Crippen LogP contribution in [0.1, 0.15) is 11.5 Å². The number of nitrogens with one attached hydrogen (secondary N) is 2. The summed E-state index contributed by atoms with van der Waals surface area (Å²) in [6.45, 7) is 1.16. The largest absolute Gasteiger partial charge is 0.379 e. The summed E-state index contributed by atoms with van der Waals surface area (Å²) in [7, 11) is 0. The fourth-order valence-corrected chi connectivity index (χ4v) is 2.62. The zero-order valence-corrected chi connectivity index (χ0v) is 13.5. The molecule has 24 heavy (non-hydrogen) atoms. The summed E-state index contributed by atoms with van der Waals surface area (Å²) in [4.78, 5) is 7.84. The van der Waals surface area contributed by atoms with Gasteiger partial charge >= 0.3 is 0 Å². The minimum Gasteiger partial charge on any atom is -0.379 e. The molecule has 2 N–H and O–H groups in total. The number of rotatable bonds is 5. The number of anilines is 1. The first kappa shape index (κ1) is 14.7. The monoisotopic (exact) mass is 338 g/mol. The number of imidazole rings is 1.